The first-order valence-corrected chi connectivity index (χ1v) is 8.70. The van der Waals surface area contributed by atoms with Crippen molar-refractivity contribution in [1.29, 1.82) is 0 Å². The van der Waals surface area contributed by atoms with Crippen molar-refractivity contribution < 1.29 is 38.1 Å². The third kappa shape index (κ3) is 10.1. The molecule has 0 fully saturated rings. The fourth-order valence-corrected chi connectivity index (χ4v) is 1.77. The molecule has 0 spiro atoms. The van der Waals surface area contributed by atoms with Crippen LogP contribution < -0.4 is 0 Å². The summed E-state index contributed by atoms with van der Waals surface area (Å²) in [4.78, 5) is 45.8. The van der Waals surface area contributed by atoms with Gasteiger partial charge in [-0.15, -0.1) is 0 Å². The number of carbonyl (C=O) groups is 4. The molecule has 0 rings (SSSR count). The van der Waals surface area contributed by atoms with Crippen LogP contribution >= 0.6 is 25.3 Å². The van der Waals surface area contributed by atoms with E-state index in [-0.39, 0.29) is 44.4 Å². The number of rotatable bonds is 13. The summed E-state index contributed by atoms with van der Waals surface area (Å²) in [6, 6.07) is 0. The van der Waals surface area contributed by atoms with E-state index in [1.54, 1.807) is 0 Å². The largest absolute Gasteiger partial charge is 0.465 e. The fourth-order valence-electron chi connectivity index (χ4n) is 1.49. The Balaban J connectivity index is 5.31. The van der Waals surface area contributed by atoms with Crippen LogP contribution in [0, 0.1) is 5.41 Å². The van der Waals surface area contributed by atoms with E-state index in [2.05, 4.69) is 38.4 Å². The molecule has 0 saturated heterocycles. The standard InChI is InChI=1S/C16H22O8S2/c1-3-12(17)21-8-16(9-22-13(18)4-2,11-24-15(20)7-26)10-23-14(19)5-6-25/h3-4,25-26H,1-2,5-11H2. The maximum Gasteiger partial charge on any atom is 0.330 e. The Labute approximate surface area is 162 Å². The smallest absolute Gasteiger partial charge is 0.330 e. The molecule has 0 radical (unpaired) electrons. The second-order valence-electron chi connectivity index (χ2n) is 5.08. The highest BCUT2D eigenvalue weighted by Gasteiger charge is 2.37. The van der Waals surface area contributed by atoms with Crippen molar-refractivity contribution in [1.82, 2.24) is 0 Å². The summed E-state index contributed by atoms with van der Waals surface area (Å²) < 4.78 is 20.1. The Hall–Kier alpha value is -1.94. The topological polar surface area (TPSA) is 105 Å². The van der Waals surface area contributed by atoms with Crippen LogP contribution in [-0.4, -0.2) is 61.8 Å². The Bertz CT molecular complexity index is 508. The molecule has 0 bridgehead atoms. The first kappa shape index (κ1) is 24.1. The van der Waals surface area contributed by atoms with E-state index < -0.39 is 29.3 Å². The van der Waals surface area contributed by atoms with E-state index in [4.69, 9.17) is 18.9 Å². The molecule has 0 aliphatic carbocycles. The van der Waals surface area contributed by atoms with Crippen LogP contribution in [0.15, 0.2) is 25.3 Å². The molecule has 146 valence electrons. The van der Waals surface area contributed by atoms with Crippen LogP contribution in [0.25, 0.3) is 0 Å². The number of hydrogen-bond donors (Lipinski definition) is 2. The molecule has 26 heavy (non-hydrogen) atoms. The van der Waals surface area contributed by atoms with Crippen molar-refractivity contribution in [2.75, 3.05) is 37.9 Å². The van der Waals surface area contributed by atoms with Crippen LogP contribution in [0.2, 0.25) is 0 Å². The van der Waals surface area contributed by atoms with E-state index in [1.807, 2.05) is 0 Å². The molecule has 0 aliphatic rings. The first-order chi connectivity index (χ1) is 12.3. The van der Waals surface area contributed by atoms with Crippen LogP contribution in [-0.2, 0) is 38.1 Å². The number of carbonyl (C=O) groups excluding carboxylic acids is 4. The molecule has 10 heteroatoms. The SMILES string of the molecule is C=CC(=O)OCC(COC(=O)C=C)(COC(=O)CS)COC(=O)CCS. The second-order valence-corrected chi connectivity index (χ2v) is 5.84. The van der Waals surface area contributed by atoms with Gasteiger partial charge in [0.15, 0.2) is 0 Å². The van der Waals surface area contributed by atoms with Crippen LogP contribution in [0.3, 0.4) is 0 Å². The number of ether oxygens (including phenoxy) is 4. The summed E-state index contributed by atoms with van der Waals surface area (Å²) in [5, 5.41) is 0. The molecule has 0 atom stereocenters. The molecule has 0 amide bonds. The minimum Gasteiger partial charge on any atom is -0.465 e. The zero-order valence-electron chi connectivity index (χ0n) is 14.2. The van der Waals surface area contributed by atoms with Gasteiger partial charge in [0.05, 0.1) is 12.2 Å². The Kier molecular flexibility index (Phi) is 12.3. The summed E-state index contributed by atoms with van der Waals surface area (Å²) in [5.41, 5.74) is -1.30. The van der Waals surface area contributed by atoms with Gasteiger partial charge in [-0.1, -0.05) is 13.2 Å². The van der Waals surface area contributed by atoms with Gasteiger partial charge in [-0.25, -0.2) is 9.59 Å². The van der Waals surface area contributed by atoms with Gasteiger partial charge < -0.3 is 18.9 Å². The Morgan fingerprint density at radius 1 is 0.769 bits per heavy atom. The van der Waals surface area contributed by atoms with E-state index >= 15 is 0 Å². The van der Waals surface area contributed by atoms with Gasteiger partial charge in [0.2, 0.25) is 0 Å². The monoisotopic (exact) mass is 406 g/mol. The van der Waals surface area contributed by atoms with Gasteiger partial charge in [-0.3, -0.25) is 9.59 Å². The van der Waals surface area contributed by atoms with Crippen molar-refractivity contribution in [3.8, 4) is 0 Å². The van der Waals surface area contributed by atoms with Gasteiger partial charge in [0.25, 0.3) is 0 Å². The molecule has 0 saturated carbocycles. The molecule has 0 aromatic carbocycles. The van der Waals surface area contributed by atoms with Crippen LogP contribution in [0.5, 0.6) is 0 Å². The van der Waals surface area contributed by atoms with Crippen LogP contribution in [0.1, 0.15) is 6.42 Å². The van der Waals surface area contributed by atoms with E-state index in [0.717, 1.165) is 12.2 Å². The molecule has 0 unspecified atom stereocenters. The molecule has 8 nitrogen and oxygen atoms in total. The maximum absolute atomic E-state index is 11.6. The van der Waals surface area contributed by atoms with Gasteiger partial charge in [-0.05, 0) is 0 Å². The van der Waals surface area contributed by atoms with Crippen molar-refractivity contribution in [2.24, 2.45) is 5.41 Å². The Morgan fingerprint density at radius 2 is 1.19 bits per heavy atom. The van der Waals surface area contributed by atoms with Crippen molar-refractivity contribution in [2.45, 2.75) is 6.42 Å². The lowest BCUT2D eigenvalue weighted by molar-refractivity contribution is -0.166. The quantitative estimate of drug-likeness (QED) is 0.200. The summed E-state index contributed by atoms with van der Waals surface area (Å²) in [7, 11) is 0. The van der Waals surface area contributed by atoms with Gasteiger partial charge in [0.1, 0.15) is 31.8 Å². The number of esters is 4. The lowest BCUT2D eigenvalue weighted by Crippen LogP contribution is -2.44. The molecular weight excluding hydrogens is 384 g/mol. The van der Waals surface area contributed by atoms with E-state index in [0.29, 0.717) is 0 Å². The first-order valence-electron chi connectivity index (χ1n) is 7.44. The van der Waals surface area contributed by atoms with Crippen molar-refractivity contribution >= 4 is 49.1 Å². The second kappa shape index (κ2) is 13.3. The minimum atomic E-state index is -1.30. The highest BCUT2D eigenvalue weighted by atomic mass is 32.1. The average Bonchev–Trinajstić information content (AvgIpc) is 2.65. The third-order valence-electron chi connectivity index (χ3n) is 2.90. The highest BCUT2D eigenvalue weighted by Crippen LogP contribution is 2.22. The zero-order chi connectivity index (χ0) is 20.0. The van der Waals surface area contributed by atoms with Gasteiger partial charge in [0, 0.05) is 17.9 Å². The highest BCUT2D eigenvalue weighted by molar-refractivity contribution is 7.81. The predicted octanol–water partition coefficient (Wildman–Crippen LogP) is 0.767. The minimum absolute atomic E-state index is 0.0501. The molecule has 0 N–H and O–H groups in total. The van der Waals surface area contributed by atoms with Crippen molar-refractivity contribution in [3.05, 3.63) is 25.3 Å². The molecule has 0 heterocycles. The summed E-state index contributed by atoms with van der Waals surface area (Å²) in [6.45, 7) is 5.18. The zero-order valence-corrected chi connectivity index (χ0v) is 16.0. The summed E-state index contributed by atoms with van der Waals surface area (Å²) in [5.74, 6) is -2.61. The molecule has 0 aromatic rings. The summed E-state index contributed by atoms with van der Waals surface area (Å²) >= 11 is 7.72. The van der Waals surface area contributed by atoms with Crippen LogP contribution in [0.4, 0.5) is 0 Å². The Morgan fingerprint density at radius 3 is 1.58 bits per heavy atom. The average molecular weight is 406 g/mol. The lowest BCUT2D eigenvalue weighted by atomic mass is 9.92. The lowest BCUT2D eigenvalue weighted by Gasteiger charge is -2.31. The number of hydrogen-bond acceptors (Lipinski definition) is 10. The number of thiol groups is 2. The van der Waals surface area contributed by atoms with Crippen molar-refractivity contribution in [3.63, 3.8) is 0 Å². The van der Waals surface area contributed by atoms with Gasteiger partial charge >= 0.3 is 23.9 Å². The fraction of sp³-hybridized carbons (Fsp3) is 0.500. The third-order valence-corrected chi connectivity index (χ3v) is 3.38. The van der Waals surface area contributed by atoms with E-state index in [9.17, 15) is 19.2 Å². The summed E-state index contributed by atoms with van der Waals surface area (Å²) in [6.07, 6.45) is 1.93. The predicted molar refractivity (Wildman–Crippen MR) is 99.0 cm³/mol. The molecular formula is C16H22O8S2. The molecule has 0 aromatic heterocycles. The molecule has 0 aliphatic heterocycles. The van der Waals surface area contributed by atoms with E-state index in [1.165, 1.54) is 0 Å². The van der Waals surface area contributed by atoms with Gasteiger partial charge in [-0.2, -0.15) is 25.3 Å². The normalized spacial score (nSPS) is 10.4. The maximum atomic E-state index is 11.6.